The lowest BCUT2D eigenvalue weighted by atomic mass is 10.1. The Labute approximate surface area is 200 Å². The third-order valence-electron chi connectivity index (χ3n) is 6.19. The van der Waals surface area contributed by atoms with Gasteiger partial charge in [0.15, 0.2) is 0 Å². The molecule has 2 aromatic rings. The molecule has 0 radical (unpaired) electrons. The van der Waals surface area contributed by atoms with Gasteiger partial charge >= 0.3 is 0 Å². The maximum Gasteiger partial charge on any atom is 0.262 e. The summed E-state index contributed by atoms with van der Waals surface area (Å²) in [7, 11) is -3.81. The molecule has 8 nitrogen and oxygen atoms in total. The summed E-state index contributed by atoms with van der Waals surface area (Å²) in [6.45, 7) is 2.97. The minimum absolute atomic E-state index is 0.0531. The molecule has 1 atom stereocenters. The molecule has 2 aromatic carbocycles. The quantitative estimate of drug-likeness (QED) is 0.657. The van der Waals surface area contributed by atoms with Gasteiger partial charge < -0.3 is 10.2 Å². The van der Waals surface area contributed by atoms with Crippen LogP contribution in [-0.2, 0) is 26.0 Å². The van der Waals surface area contributed by atoms with E-state index in [-0.39, 0.29) is 29.7 Å². The number of sulfonamides is 1. The normalized spacial score (nSPS) is 18.9. The molecule has 34 heavy (non-hydrogen) atoms. The third kappa shape index (κ3) is 5.64. The van der Waals surface area contributed by atoms with Crippen molar-refractivity contribution in [1.29, 1.82) is 0 Å². The highest BCUT2D eigenvalue weighted by atomic mass is 32.2. The first-order valence-electron chi connectivity index (χ1n) is 11.7. The maximum absolute atomic E-state index is 12.9. The molecule has 2 amide bonds. The van der Waals surface area contributed by atoms with Crippen molar-refractivity contribution in [1.82, 2.24) is 4.72 Å². The van der Waals surface area contributed by atoms with Crippen molar-refractivity contribution in [2.75, 3.05) is 23.3 Å². The number of benzene rings is 2. The van der Waals surface area contributed by atoms with Gasteiger partial charge in [0, 0.05) is 37.3 Å². The Bertz CT molecular complexity index is 1190. The highest BCUT2D eigenvalue weighted by Gasteiger charge is 2.35. The topological polar surface area (TPSA) is 108 Å². The first-order chi connectivity index (χ1) is 16.4. The molecule has 0 spiro atoms. The third-order valence-corrected chi connectivity index (χ3v) is 7.57. The highest BCUT2D eigenvalue weighted by molar-refractivity contribution is 7.90. The van der Waals surface area contributed by atoms with Crippen molar-refractivity contribution in [2.24, 2.45) is 10.9 Å². The summed E-state index contributed by atoms with van der Waals surface area (Å²) < 4.78 is 28.3. The number of amides is 2. The van der Waals surface area contributed by atoms with E-state index < -0.39 is 15.9 Å². The molecule has 4 rings (SSSR count). The Morgan fingerprint density at radius 2 is 1.91 bits per heavy atom. The summed E-state index contributed by atoms with van der Waals surface area (Å²) >= 11 is 0. The van der Waals surface area contributed by atoms with Gasteiger partial charge in [0.05, 0.1) is 10.8 Å². The van der Waals surface area contributed by atoms with E-state index in [1.54, 1.807) is 17.0 Å². The van der Waals surface area contributed by atoms with Crippen LogP contribution in [0.1, 0.15) is 44.6 Å². The summed E-state index contributed by atoms with van der Waals surface area (Å²) in [5.41, 5.74) is 2.33. The number of nitrogens with zero attached hydrogens (tertiary/aromatic N) is 2. The largest absolute Gasteiger partial charge is 0.326 e. The zero-order valence-corrected chi connectivity index (χ0v) is 20.1. The van der Waals surface area contributed by atoms with E-state index in [1.165, 1.54) is 17.7 Å². The van der Waals surface area contributed by atoms with Crippen LogP contribution in [0.5, 0.6) is 0 Å². The maximum atomic E-state index is 12.9. The van der Waals surface area contributed by atoms with Crippen molar-refractivity contribution < 1.29 is 18.0 Å². The van der Waals surface area contributed by atoms with E-state index in [2.05, 4.69) is 22.0 Å². The molecule has 1 saturated heterocycles. The van der Waals surface area contributed by atoms with Gasteiger partial charge in [-0.1, -0.05) is 31.5 Å². The van der Waals surface area contributed by atoms with Crippen molar-refractivity contribution in [3.8, 4) is 0 Å². The molecular weight excluding hydrogens is 452 g/mol. The van der Waals surface area contributed by atoms with Crippen molar-refractivity contribution in [3.05, 3.63) is 54.1 Å². The summed E-state index contributed by atoms with van der Waals surface area (Å²) in [5, 5.41) is 2.78. The predicted octanol–water partition coefficient (Wildman–Crippen LogP) is 3.49. The number of hydrogen-bond donors (Lipinski definition) is 2. The van der Waals surface area contributed by atoms with E-state index in [0.29, 0.717) is 24.5 Å². The van der Waals surface area contributed by atoms with E-state index >= 15 is 0 Å². The Hall–Kier alpha value is -3.20. The van der Waals surface area contributed by atoms with E-state index in [1.807, 2.05) is 24.3 Å². The monoisotopic (exact) mass is 482 g/mol. The highest BCUT2D eigenvalue weighted by Crippen LogP contribution is 2.27. The van der Waals surface area contributed by atoms with Crippen LogP contribution in [0.3, 0.4) is 0 Å². The van der Waals surface area contributed by atoms with Gasteiger partial charge in [-0.3, -0.25) is 19.3 Å². The van der Waals surface area contributed by atoms with Gasteiger partial charge in [0.1, 0.15) is 5.84 Å². The Balaban J connectivity index is 1.42. The fraction of sp³-hybridized carbons (Fsp3) is 0.400. The summed E-state index contributed by atoms with van der Waals surface area (Å²) in [4.78, 5) is 31.4. The summed E-state index contributed by atoms with van der Waals surface area (Å²) in [5.74, 6) is -0.452. The molecule has 2 aliphatic heterocycles. The summed E-state index contributed by atoms with van der Waals surface area (Å²) in [6, 6.07) is 13.9. The second-order valence-corrected chi connectivity index (χ2v) is 10.4. The smallest absolute Gasteiger partial charge is 0.262 e. The molecule has 0 aromatic heterocycles. The number of rotatable bonds is 6. The van der Waals surface area contributed by atoms with E-state index in [9.17, 15) is 18.0 Å². The lowest BCUT2D eigenvalue weighted by Gasteiger charge is -2.17. The number of carbonyl (C=O) groups is 2. The summed E-state index contributed by atoms with van der Waals surface area (Å²) in [6.07, 6.45) is 4.51. The number of aliphatic imine (C=N–C) groups is 1. The average Bonchev–Trinajstić information content (AvgIpc) is 3.04. The molecule has 9 heteroatoms. The van der Waals surface area contributed by atoms with Crippen LogP contribution in [0.2, 0.25) is 0 Å². The van der Waals surface area contributed by atoms with Gasteiger partial charge in [-0.05, 0) is 55.2 Å². The predicted molar refractivity (Wildman–Crippen MR) is 132 cm³/mol. The zero-order valence-electron chi connectivity index (χ0n) is 19.3. The number of carbonyl (C=O) groups excluding carboxylic acids is 2. The van der Waals surface area contributed by atoms with Crippen LogP contribution < -0.4 is 14.9 Å². The molecule has 2 aliphatic rings. The minimum Gasteiger partial charge on any atom is -0.326 e. The second-order valence-electron chi connectivity index (χ2n) is 8.69. The van der Waals surface area contributed by atoms with E-state index in [0.717, 1.165) is 31.4 Å². The standard InChI is InChI=1S/C25H30N4O4S/c1-2-18-10-12-21(13-11-18)29-17-19(15-24(29)30)25(31)27-20-7-6-8-22(16-20)34(32,33)28-23-9-4-3-5-14-26-23/h6-8,10-13,16,19H,2-5,9,14-15,17H2,1H3,(H,26,28)(H,27,31). The molecule has 2 heterocycles. The molecule has 1 fully saturated rings. The Morgan fingerprint density at radius 3 is 2.68 bits per heavy atom. The first-order valence-corrected chi connectivity index (χ1v) is 13.2. The van der Waals surface area contributed by atoms with Crippen LogP contribution in [0, 0.1) is 5.92 Å². The van der Waals surface area contributed by atoms with Crippen LogP contribution >= 0.6 is 0 Å². The lowest BCUT2D eigenvalue weighted by molar-refractivity contribution is -0.122. The van der Waals surface area contributed by atoms with Gasteiger partial charge in [0.2, 0.25) is 11.8 Å². The van der Waals surface area contributed by atoms with Crippen LogP contribution in [0.15, 0.2) is 58.4 Å². The van der Waals surface area contributed by atoms with Crippen molar-refractivity contribution >= 4 is 39.0 Å². The van der Waals surface area contributed by atoms with E-state index in [4.69, 9.17) is 0 Å². The number of aryl methyl sites for hydroxylation is 1. The van der Waals surface area contributed by atoms with Gasteiger partial charge in [-0.2, -0.15) is 0 Å². The number of hydrogen-bond acceptors (Lipinski definition) is 5. The molecule has 0 bridgehead atoms. The zero-order chi connectivity index (χ0) is 24.1. The first kappa shape index (κ1) is 23.9. The van der Waals surface area contributed by atoms with Gasteiger partial charge in [0.25, 0.3) is 10.0 Å². The van der Waals surface area contributed by atoms with Crippen molar-refractivity contribution in [2.45, 2.75) is 50.3 Å². The van der Waals surface area contributed by atoms with Crippen LogP contribution in [-0.4, -0.2) is 39.2 Å². The number of nitrogens with one attached hydrogen (secondary N) is 2. The molecular formula is C25H30N4O4S. The molecule has 0 aliphatic carbocycles. The molecule has 180 valence electrons. The fourth-order valence-corrected chi connectivity index (χ4v) is 5.34. The fourth-order valence-electron chi connectivity index (χ4n) is 4.20. The molecule has 1 unspecified atom stereocenters. The van der Waals surface area contributed by atoms with Crippen LogP contribution in [0.4, 0.5) is 11.4 Å². The van der Waals surface area contributed by atoms with Gasteiger partial charge in [-0.15, -0.1) is 0 Å². The molecule has 0 saturated carbocycles. The second kappa shape index (κ2) is 10.4. The SMILES string of the molecule is CCc1ccc(N2CC(C(=O)Nc3cccc(S(=O)(=O)NC4=NCCCCC4)c3)CC2=O)cc1. The Kier molecular flexibility index (Phi) is 7.31. The van der Waals surface area contributed by atoms with Gasteiger partial charge in [-0.25, -0.2) is 8.42 Å². The van der Waals surface area contributed by atoms with Crippen molar-refractivity contribution in [3.63, 3.8) is 0 Å². The Morgan fingerprint density at radius 1 is 1.12 bits per heavy atom. The number of amidine groups is 1. The lowest BCUT2D eigenvalue weighted by Crippen LogP contribution is -2.31. The molecule has 2 N–H and O–H groups in total. The average molecular weight is 483 g/mol. The number of anilines is 2. The minimum atomic E-state index is -3.81. The van der Waals surface area contributed by atoms with Crippen LogP contribution in [0.25, 0.3) is 0 Å².